The number of anilines is 1. The van der Waals surface area contributed by atoms with Gasteiger partial charge in [0.1, 0.15) is 5.76 Å². The summed E-state index contributed by atoms with van der Waals surface area (Å²) in [4.78, 5) is 24.9. The summed E-state index contributed by atoms with van der Waals surface area (Å²) in [7, 11) is 1.61. The molecule has 1 aromatic carbocycles. The Bertz CT molecular complexity index is 960. The van der Waals surface area contributed by atoms with Crippen molar-refractivity contribution in [3.63, 3.8) is 0 Å². The normalized spacial score (nSPS) is 14.9. The van der Waals surface area contributed by atoms with Crippen LogP contribution in [0.1, 0.15) is 5.76 Å². The number of benzene rings is 1. The lowest BCUT2D eigenvalue weighted by Crippen LogP contribution is -2.48. The van der Waals surface area contributed by atoms with E-state index in [1.54, 1.807) is 37.7 Å². The number of hydrogen-bond acceptors (Lipinski definition) is 6. The average Bonchev–Trinajstić information content (AvgIpc) is 3.16. The standard InChI is InChI=1S/C20H20N4O3/c1-26-17-5-2-4-15-14-16(27-19(15)17)6-7-18(25)23-10-12-24(13-11-23)20-21-8-3-9-22-20/h2-9,14H,10-13H2,1H3/b7-6+. The third-order valence-electron chi connectivity index (χ3n) is 4.56. The van der Waals surface area contributed by atoms with Crippen LogP contribution in [0, 0.1) is 0 Å². The van der Waals surface area contributed by atoms with E-state index in [2.05, 4.69) is 14.9 Å². The van der Waals surface area contributed by atoms with E-state index in [0.29, 0.717) is 49.2 Å². The topological polar surface area (TPSA) is 71.7 Å². The highest BCUT2D eigenvalue weighted by atomic mass is 16.5. The Morgan fingerprint density at radius 3 is 2.67 bits per heavy atom. The van der Waals surface area contributed by atoms with E-state index >= 15 is 0 Å². The molecule has 27 heavy (non-hydrogen) atoms. The van der Waals surface area contributed by atoms with Crippen LogP contribution in [0.5, 0.6) is 5.75 Å². The molecule has 0 spiro atoms. The fraction of sp³-hybridized carbons (Fsp3) is 0.250. The molecule has 4 rings (SSSR count). The minimum absolute atomic E-state index is 0.0314. The molecule has 0 bridgehead atoms. The lowest BCUT2D eigenvalue weighted by atomic mass is 10.2. The van der Waals surface area contributed by atoms with Crippen LogP contribution < -0.4 is 9.64 Å². The lowest BCUT2D eigenvalue weighted by Gasteiger charge is -2.34. The van der Waals surface area contributed by atoms with Gasteiger partial charge in [0.2, 0.25) is 11.9 Å². The molecule has 1 saturated heterocycles. The van der Waals surface area contributed by atoms with Crippen LogP contribution in [0.15, 0.2) is 53.2 Å². The first-order valence-corrected chi connectivity index (χ1v) is 8.80. The van der Waals surface area contributed by atoms with E-state index in [0.717, 1.165) is 5.39 Å². The maximum atomic E-state index is 12.5. The van der Waals surface area contributed by atoms with E-state index in [1.807, 2.05) is 29.2 Å². The molecule has 1 fully saturated rings. The molecule has 1 aliphatic heterocycles. The summed E-state index contributed by atoms with van der Waals surface area (Å²) in [5.41, 5.74) is 0.684. The van der Waals surface area contributed by atoms with Gasteiger partial charge in [0.25, 0.3) is 0 Å². The highest BCUT2D eigenvalue weighted by molar-refractivity contribution is 5.93. The van der Waals surface area contributed by atoms with Gasteiger partial charge in [-0.2, -0.15) is 0 Å². The molecule has 0 saturated carbocycles. The van der Waals surface area contributed by atoms with Crippen molar-refractivity contribution < 1.29 is 13.9 Å². The lowest BCUT2D eigenvalue weighted by molar-refractivity contribution is -0.126. The summed E-state index contributed by atoms with van der Waals surface area (Å²) < 4.78 is 11.1. The zero-order valence-corrected chi connectivity index (χ0v) is 15.0. The zero-order chi connectivity index (χ0) is 18.6. The minimum Gasteiger partial charge on any atom is -0.493 e. The number of carbonyl (C=O) groups excluding carboxylic acids is 1. The number of rotatable bonds is 4. The number of aromatic nitrogens is 2. The summed E-state index contributed by atoms with van der Waals surface area (Å²) in [5.74, 6) is 1.98. The summed E-state index contributed by atoms with van der Waals surface area (Å²) in [5, 5.41) is 0.943. The molecule has 7 heteroatoms. The Balaban J connectivity index is 1.40. The van der Waals surface area contributed by atoms with Crippen molar-refractivity contribution in [3.05, 3.63) is 54.6 Å². The smallest absolute Gasteiger partial charge is 0.246 e. The maximum Gasteiger partial charge on any atom is 0.246 e. The largest absolute Gasteiger partial charge is 0.493 e. The Morgan fingerprint density at radius 2 is 1.93 bits per heavy atom. The highest BCUT2D eigenvalue weighted by Gasteiger charge is 2.21. The van der Waals surface area contributed by atoms with Gasteiger partial charge < -0.3 is 19.0 Å². The first kappa shape index (κ1) is 17.1. The number of amides is 1. The molecule has 0 aliphatic carbocycles. The van der Waals surface area contributed by atoms with E-state index < -0.39 is 0 Å². The molecule has 0 atom stereocenters. The number of fused-ring (bicyclic) bond motifs is 1. The van der Waals surface area contributed by atoms with E-state index in [9.17, 15) is 4.79 Å². The quantitative estimate of drug-likeness (QED) is 0.663. The fourth-order valence-electron chi connectivity index (χ4n) is 3.14. The Labute approximate surface area is 156 Å². The first-order chi connectivity index (χ1) is 13.2. The molecular weight excluding hydrogens is 344 g/mol. The molecule has 1 aliphatic rings. The van der Waals surface area contributed by atoms with Crippen molar-refractivity contribution in [1.29, 1.82) is 0 Å². The Hall–Kier alpha value is -3.35. The van der Waals surface area contributed by atoms with Crippen molar-refractivity contribution in [1.82, 2.24) is 14.9 Å². The summed E-state index contributed by atoms with van der Waals surface area (Å²) >= 11 is 0. The van der Waals surface area contributed by atoms with Crippen LogP contribution in [0.4, 0.5) is 5.95 Å². The number of nitrogens with zero attached hydrogens (tertiary/aromatic N) is 4. The monoisotopic (exact) mass is 364 g/mol. The van der Waals surface area contributed by atoms with Gasteiger partial charge in [0, 0.05) is 50.0 Å². The molecule has 3 heterocycles. The van der Waals surface area contributed by atoms with Crippen molar-refractivity contribution >= 4 is 28.9 Å². The predicted octanol–water partition coefficient (Wildman–Crippen LogP) is 2.59. The predicted molar refractivity (Wildman–Crippen MR) is 103 cm³/mol. The second-order valence-corrected chi connectivity index (χ2v) is 6.22. The molecule has 0 unspecified atom stereocenters. The Morgan fingerprint density at radius 1 is 1.15 bits per heavy atom. The van der Waals surface area contributed by atoms with Crippen molar-refractivity contribution in [2.75, 3.05) is 38.2 Å². The fourth-order valence-corrected chi connectivity index (χ4v) is 3.14. The molecule has 7 nitrogen and oxygen atoms in total. The molecular formula is C20H20N4O3. The number of furan rings is 1. The number of methoxy groups -OCH3 is 1. The summed E-state index contributed by atoms with van der Waals surface area (Å²) in [6.45, 7) is 2.70. The van der Waals surface area contributed by atoms with Crippen molar-refractivity contribution in [3.8, 4) is 5.75 Å². The van der Waals surface area contributed by atoms with Gasteiger partial charge in [-0.25, -0.2) is 9.97 Å². The molecule has 0 radical (unpaired) electrons. The van der Waals surface area contributed by atoms with Crippen molar-refractivity contribution in [2.45, 2.75) is 0 Å². The van der Waals surface area contributed by atoms with Gasteiger partial charge in [0.05, 0.1) is 7.11 Å². The molecule has 0 N–H and O–H groups in total. The van der Waals surface area contributed by atoms with Crippen LogP contribution in [0.2, 0.25) is 0 Å². The van der Waals surface area contributed by atoms with Gasteiger partial charge >= 0.3 is 0 Å². The van der Waals surface area contributed by atoms with Gasteiger partial charge in [-0.1, -0.05) is 12.1 Å². The van der Waals surface area contributed by atoms with Gasteiger partial charge in [-0.15, -0.1) is 0 Å². The maximum absolute atomic E-state index is 12.5. The van der Waals surface area contributed by atoms with Crippen molar-refractivity contribution in [2.24, 2.45) is 0 Å². The van der Waals surface area contributed by atoms with Crippen LogP contribution in [0.25, 0.3) is 17.0 Å². The summed E-state index contributed by atoms with van der Waals surface area (Å²) in [6.07, 6.45) is 6.71. The highest BCUT2D eigenvalue weighted by Crippen LogP contribution is 2.28. The second-order valence-electron chi connectivity index (χ2n) is 6.22. The van der Waals surface area contributed by atoms with Crippen LogP contribution in [-0.2, 0) is 4.79 Å². The number of para-hydroxylation sites is 1. The van der Waals surface area contributed by atoms with Gasteiger partial charge in [-0.3, -0.25) is 4.79 Å². The van der Waals surface area contributed by atoms with Crippen LogP contribution in [-0.4, -0.2) is 54.1 Å². The Kier molecular flexibility index (Phi) is 4.74. The van der Waals surface area contributed by atoms with E-state index in [-0.39, 0.29) is 5.91 Å². The second kappa shape index (κ2) is 7.49. The first-order valence-electron chi connectivity index (χ1n) is 8.80. The van der Waals surface area contributed by atoms with E-state index in [4.69, 9.17) is 9.15 Å². The number of hydrogen-bond donors (Lipinski definition) is 0. The van der Waals surface area contributed by atoms with E-state index in [1.165, 1.54) is 0 Å². The number of ether oxygens (including phenoxy) is 1. The van der Waals surface area contributed by atoms with Crippen LogP contribution in [0.3, 0.4) is 0 Å². The molecule has 138 valence electrons. The number of carbonyl (C=O) groups is 1. The molecule has 1 amide bonds. The third kappa shape index (κ3) is 3.62. The minimum atomic E-state index is -0.0314. The van der Waals surface area contributed by atoms with Gasteiger partial charge in [0.15, 0.2) is 11.3 Å². The summed E-state index contributed by atoms with van der Waals surface area (Å²) in [6, 6.07) is 9.39. The third-order valence-corrected chi connectivity index (χ3v) is 4.56. The SMILES string of the molecule is COc1cccc2cc(/C=C/C(=O)N3CCN(c4ncccn4)CC3)oc12. The number of piperazine rings is 1. The average molecular weight is 364 g/mol. The molecule has 2 aromatic heterocycles. The van der Waals surface area contributed by atoms with Crippen LogP contribution >= 0.6 is 0 Å². The zero-order valence-electron chi connectivity index (χ0n) is 15.0. The van der Waals surface area contributed by atoms with Gasteiger partial charge in [-0.05, 0) is 24.3 Å². The molecule has 3 aromatic rings.